The van der Waals surface area contributed by atoms with Gasteiger partial charge >= 0.3 is 0 Å². The second-order valence-corrected chi connectivity index (χ2v) is 5.64. The highest BCUT2D eigenvalue weighted by Gasteiger charge is 2.20. The number of nitrogens with zero attached hydrogens (tertiary/aromatic N) is 3. The summed E-state index contributed by atoms with van der Waals surface area (Å²) in [5.74, 6) is 1.01. The average Bonchev–Trinajstić information content (AvgIpc) is 2.76. The molecule has 1 aromatic rings. The smallest absolute Gasteiger partial charge is 0.287 e. The molecule has 1 aliphatic rings. The fourth-order valence-electron chi connectivity index (χ4n) is 2.21. The van der Waals surface area contributed by atoms with Crippen molar-refractivity contribution < 1.29 is 4.92 Å². The van der Waals surface area contributed by atoms with Gasteiger partial charge in [0, 0.05) is 17.9 Å². The molecule has 0 aromatic carbocycles. The van der Waals surface area contributed by atoms with E-state index in [2.05, 4.69) is 16.9 Å². The van der Waals surface area contributed by atoms with Crippen molar-refractivity contribution in [3.05, 3.63) is 28.4 Å². The maximum atomic E-state index is 10.5. The van der Waals surface area contributed by atoms with Crippen molar-refractivity contribution in [2.24, 2.45) is 0 Å². The van der Waals surface area contributed by atoms with E-state index >= 15 is 0 Å². The average molecular weight is 267 g/mol. The zero-order valence-electron chi connectivity index (χ0n) is 10.4. The Balaban J connectivity index is 1.78. The second kappa shape index (κ2) is 6.15. The number of rotatable bonds is 5. The number of aromatic nitrogens is 1. The van der Waals surface area contributed by atoms with Crippen LogP contribution >= 0.6 is 11.8 Å². The minimum absolute atomic E-state index is 0.0508. The van der Waals surface area contributed by atoms with E-state index in [-0.39, 0.29) is 5.69 Å². The van der Waals surface area contributed by atoms with Crippen LogP contribution in [0.15, 0.2) is 23.4 Å². The molecular weight excluding hydrogens is 250 g/mol. The number of hydrogen-bond donors (Lipinski definition) is 0. The summed E-state index contributed by atoms with van der Waals surface area (Å²) in [5, 5.41) is 11.4. The minimum atomic E-state index is -0.422. The normalized spacial score (nSPS) is 20.2. The lowest BCUT2D eigenvalue weighted by Gasteiger charge is -2.18. The van der Waals surface area contributed by atoms with Crippen LogP contribution in [0.1, 0.15) is 19.3 Å². The molecule has 18 heavy (non-hydrogen) atoms. The van der Waals surface area contributed by atoms with Gasteiger partial charge in [-0.3, -0.25) is 10.1 Å². The van der Waals surface area contributed by atoms with Gasteiger partial charge in [0.25, 0.3) is 5.69 Å². The largest absolute Gasteiger partial charge is 0.303 e. The Hall–Kier alpha value is -1.14. The highest BCUT2D eigenvalue weighted by Crippen LogP contribution is 2.23. The van der Waals surface area contributed by atoms with Gasteiger partial charge < -0.3 is 4.90 Å². The molecule has 0 spiro atoms. The predicted octanol–water partition coefficient (Wildman–Crippen LogP) is 2.57. The zero-order chi connectivity index (χ0) is 13.0. The number of hydrogen-bond acceptors (Lipinski definition) is 5. The Morgan fingerprint density at radius 2 is 2.44 bits per heavy atom. The Labute approximate surface area is 111 Å². The van der Waals surface area contributed by atoms with Crippen molar-refractivity contribution in [3.63, 3.8) is 0 Å². The van der Waals surface area contributed by atoms with Gasteiger partial charge in [-0.25, -0.2) is 4.98 Å². The third-order valence-electron chi connectivity index (χ3n) is 3.30. The van der Waals surface area contributed by atoms with E-state index in [0.717, 1.165) is 17.2 Å². The molecule has 5 nitrogen and oxygen atoms in total. The number of thioether (sulfide) groups is 1. The van der Waals surface area contributed by atoms with Crippen LogP contribution in [0.2, 0.25) is 0 Å². The van der Waals surface area contributed by atoms with Gasteiger partial charge in [0.15, 0.2) is 0 Å². The first-order valence-electron chi connectivity index (χ1n) is 6.10. The minimum Gasteiger partial charge on any atom is -0.303 e. The van der Waals surface area contributed by atoms with Crippen LogP contribution < -0.4 is 0 Å². The lowest BCUT2D eigenvalue weighted by atomic mass is 10.2. The van der Waals surface area contributed by atoms with Crippen molar-refractivity contribution in [2.75, 3.05) is 19.3 Å². The maximum absolute atomic E-state index is 10.5. The third-order valence-corrected chi connectivity index (χ3v) is 4.28. The second-order valence-electron chi connectivity index (χ2n) is 4.53. The molecule has 6 heteroatoms. The first-order valence-corrected chi connectivity index (χ1v) is 7.09. The first kappa shape index (κ1) is 13.3. The van der Waals surface area contributed by atoms with E-state index in [4.69, 9.17) is 0 Å². The molecule has 1 saturated heterocycles. The summed E-state index contributed by atoms with van der Waals surface area (Å²) in [6.07, 6.45) is 5.05. The molecule has 2 rings (SSSR count). The molecular formula is C12H17N3O2S. The molecule has 0 N–H and O–H groups in total. The summed E-state index contributed by atoms with van der Waals surface area (Å²) in [7, 11) is 2.17. The molecule has 2 heterocycles. The van der Waals surface area contributed by atoms with Gasteiger partial charge in [-0.1, -0.05) is 0 Å². The van der Waals surface area contributed by atoms with Gasteiger partial charge in [0.2, 0.25) is 0 Å². The van der Waals surface area contributed by atoms with Crippen molar-refractivity contribution in [3.8, 4) is 0 Å². The van der Waals surface area contributed by atoms with Crippen molar-refractivity contribution in [1.29, 1.82) is 0 Å². The van der Waals surface area contributed by atoms with E-state index in [1.54, 1.807) is 17.8 Å². The molecule has 0 saturated carbocycles. The van der Waals surface area contributed by atoms with E-state index in [9.17, 15) is 10.1 Å². The number of likely N-dealkylation sites (tertiary alicyclic amines) is 1. The molecule has 1 fully saturated rings. The summed E-state index contributed by atoms with van der Waals surface area (Å²) >= 11 is 1.67. The molecule has 0 amide bonds. The van der Waals surface area contributed by atoms with Crippen molar-refractivity contribution in [1.82, 2.24) is 9.88 Å². The van der Waals surface area contributed by atoms with Gasteiger partial charge in [0.05, 0.1) is 9.95 Å². The molecule has 1 aromatic heterocycles. The molecule has 0 aliphatic carbocycles. The van der Waals surface area contributed by atoms with Crippen LogP contribution in [0.5, 0.6) is 0 Å². The Morgan fingerprint density at radius 3 is 3.00 bits per heavy atom. The molecule has 0 unspecified atom stereocenters. The van der Waals surface area contributed by atoms with Crippen LogP contribution in [0.4, 0.5) is 5.69 Å². The zero-order valence-corrected chi connectivity index (χ0v) is 11.2. The van der Waals surface area contributed by atoms with Crippen LogP contribution in [0.25, 0.3) is 0 Å². The van der Waals surface area contributed by atoms with E-state index in [1.165, 1.54) is 31.6 Å². The van der Waals surface area contributed by atoms with Crippen LogP contribution in [-0.4, -0.2) is 40.2 Å². The number of pyridine rings is 1. The quantitative estimate of drug-likeness (QED) is 0.466. The molecule has 1 atom stereocenters. The lowest BCUT2D eigenvalue weighted by Crippen LogP contribution is -2.25. The van der Waals surface area contributed by atoms with Gasteiger partial charge in [-0.2, -0.15) is 0 Å². The summed E-state index contributed by atoms with van der Waals surface area (Å²) < 4.78 is 0. The first-order chi connectivity index (χ1) is 8.66. The van der Waals surface area contributed by atoms with Crippen molar-refractivity contribution in [2.45, 2.75) is 30.3 Å². The van der Waals surface area contributed by atoms with Gasteiger partial charge in [-0.15, -0.1) is 11.8 Å². The highest BCUT2D eigenvalue weighted by atomic mass is 32.2. The summed E-state index contributed by atoms with van der Waals surface area (Å²) in [6.45, 7) is 1.20. The summed E-state index contributed by atoms with van der Waals surface area (Å²) in [5.41, 5.74) is 0.0508. The van der Waals surface area contributed by atoms with E-state index in [0.29, 0.717) is 6.04 Å². The van der Waals surface area contributed by atoms with E-state index in [1.807, 2.05) is 0 Å². The standard InChI is InChI=1S/C12H17N3O2S/c1-14-7-2-3-10(14)6-8-18-12-5-4-11(9-13-12)15(16)17/h4-5,9-10H,2-3,6-8H2,1H3/t10-/m1/s1. The SMILES string of the molecule is CN1CCC[C@@H]1CCSc1ccc([N+](=O)[O-])cn1. The van der Waals surface area contributed by atoms with Gasteiger partial charge in [-0.05, 0) is 38.9 Å². The van der Waals surface area contributed by atoms with Crippen molar-refractivity contribution >= 4 is 17.4 Å². The highest BCUT2D eigenvalue weighted by molar-refractivity contribution is 7.99. The molecule has 98 valence electrons. The monoisotopic (exact) mass is 267 g/mol. The Kier molecular flexibility index (Phi) is 4.54. The fraction of sp³-hybridized carbons (Fsp3) is 0.583. The molecule has 0 radical (unpaired) electrons. The number of nitro groups is 1. The lowest BCUT2D eigenvalue weighted by molar-refractivity contribution is -0.385. The van der Waals surface area contributed by atoms with Crippen LogP contribution in [-0.2, 0) is 0 Å². The molecule has 1 aliphatic heterocycles. The Morgan fingerprint density at radius 1 is 1.61 bits per heavy atom. The third kappa shape index (κ3) is 3.43. The fourth-order valence-corrected chi connectivity index (χ4v) is 3.10. The predicted molar refractivity (Wildman–Crippen MR) is 71.9 cm³/mol. The topological polar surface area (TPSA) is 59.3 Å². The molecule has 0 bridgehead atoms. The van der Waals surface area contributed by atoms with Crippen LogP contribution in [0, 0.1) is 10.1 Å². The van der Waals surface area contributed by atoms with E-state index < -0.39 is 4.92 Å². The van der Waals surface area contributed by atoms with Crippen LogP contribution in [0.3, 0.4) is 0 Å². The van der Waals surface area contributed by atoms with Gasteiger partial charge in [0.1, 0.15) is 6.20 Å². The summed E-state index contributed by atoms with van der Waals surface area (Å²) in [6, 6.07) is 3.92. The summed E-state index contributed by atoms with van der Waals surface area (Å²) in [4.78, 5) is 16.6. The maximum Gasteiger partial charge on any atom is 0.287 e. The Bertz CT molecular complexity index is 410.